The van der Waals surface area contributed by atoms with Crippen molar-refractivity contribution in [1.29, 1.82) is 0 Å². The molecule has 0 heterocycles. The average molecular weight is 252 g/mol. The van der Waals surface area contributed by atoms with Crippen molar-refractivity contribution in [3.63, 3.8) is 0 Å². The molecule has 0 radical (unpaired) electrons. The molecule has 0 saturated heterocycles. The van der Waals surface area contributed by atoms with Crippen molar-refractivity contribution < 1.29 is 14.9 Å². The van der Waals surface area contributed by atoms with E-state index in [1.807, 2.05) is 31.2 Å². The Morgan fingerprint density at radius 1 is 1.11 bits per heavy atom. The smallest absolute Gasteiger partial charge is 0.125 e. The Kier molecular flexibility index (Phi) is 7.46. The first-order valence-electron chi connectivity index (χ1n) is 6.80. The summed E-state index contributed by atoms with van der Waals surface area (Å²) in [6, 6.07) is 7.66. The van der Waals surface area contributed by atoms with Gasteiger partial charge in [0.15, 0.2) is 0 Å². The molecule has 0 aliphatic heterocycles. The highest BCUT2D eigenvalue weighted by atomic mass is 16.5. The Bertz CT molecular complexity index is 325. The summed E-state index contributed by atoms with van der Waals surface area (Å²) >= 11 is 0. The number of hydrogen-bond acceptors (Lipinski definition) is 3. The molecule has 0 aliphatic carbocycles. The number of benzene rings is 1. The lowest BCUT2D eigenvalue weighted by Crippen LogP contribution is -2.03. The minimum absolute atomic E-state index is 0.270. The molecule has 0 aromatic heterocycles. The zero-order chi connectivity index (χ0) is 13.2. The van der Waals surface area contributed by atoms with Crippen LogP contribution in [0.1, 0.15) is 50.7 Å². The summed E-state index contributed by atoms with van der Waals surface area (Å²) in [5, 5.41) is 18.5. The van der Waals surface area contributed by atoms with Gasteiger partial charge in [-0.25, -0.2) is 0 Å². The van der Waals surface area contributed by atoms with Crippen LogP contribution in [0.4, 0.5) is 0 Å². The fourth-order valence-corrected chi connectivity index (χ4v) is 1.86. The Hall–Kier alpha value is -1.06. The highest BCUT2D eigenvalue weighted by Gasteiger charge is 2.10. The lowest BCUT2D eigenvalue weighted by molar-refractivity contribution is 0.166. The van der Waals surface area contributed by atoms with Crippen molar-refractivity contribution in [3.8, 4) is 5.75 Å². The predicted octanol–water partition coefficient (Wildman–Crippen LogP) is 3.06. The predicted molar refractivity (Wildman–Crippen MR) is 72.7 cm³/mol. The Morgan fingerprint density at radius 3 is 2.56 bits per heavy atom. The monoisotopic (exact) mass is 252 g/mol. The van der Waals surface area contributed by atoms with Crippen LogP contribution < -0.4 is 4.74 Å². The van der Waals surface area contributed by atoms with Crippen LogP contribution in [0.15, 0.2) is 24.3 Å². The van der Waals surface area contributed by atoms with Crippen LogP contribution in [0, 0.1) is 0 Å². The van der Waals surface area contributed by atoms with E-state index >= 15 is 0 Å². The van der Waals surface area contributed by atoms with E-state index in [0.29, 0.717) is 13.0 Å². The molecule has 1 aromatic carbocycles. The molecular formula is C15H24O3. The topological polar surface area (TPSA) is 49.7 Å². The highest BCUT2D eigenvalue weighted by molar-refractivity contribution is 5.34. The minimum Gasteiger partial charge on any atom is -0.493 e. The lowest BCUT2D eigenvalue weighted by Gasteiger charge is -2.14. The third-order valence-corrected chi connectivity index (χ3v) is 2.97. The van der Waals surface area contributed by atoms with Crippen LogP contribution in [0.3, 0.4) is 0 Å². The molecule has 0 saturated carbocycles. The molecule has 1 aromatic rings. The van der Waals surface area contributed by atoms with Crippen LogP contribution in [-0.4, -0.2) is 23.4 Å². The van der Waals surface area contributed by atoms with Gasteiger partial charge >= 0.3 is 0 Å². The standard InChI is InChI=1S/C15H24O3/c1-2-14(17)13-9-5-6-10-15(13)18-12-8-4-3-7-11-16/h5-6,9-10,14,16-17H,2-4,7-8,11-12H2,1H3/t14-/m0/s1. The van der Waals surface area contributed by atoms with Gasteiger partial charge in [-0.3, -0.25) is 0 Å². The SMILES string of the molecule is CC[C@H](O)c1ccccc1OCCCCCCO. The van der Waals surface area contributed by atoms with Crippen molar-refractivity contribution >= 4 is 0 Å². The van der Waals surface area contributed by atoms with Crippen molar-refractivity contribution in [3.05, 3.63) is 29.8 Å². The van der Waals surface area contributed by atoms with E-state index in [1.165, 1.54) is 0 Å². The Balaban J connectivity index is 2.37. The Labute approximate surface area is 109 Å². The van der Waals surface area contributed by atoms with Gasteiger partial charge in [0.05, 0.1) is 12.7 Å². The first-order chi connectivity index (χ1) is 8.79. The van der Waals surface area contributed by atoms with E-state index in [9.17, 15) is 5.11 Å². The third-order valence-electron chi connectivity index (χ3n) is 2.97. The number of hydrogen-bond donors (Lipinski definition) is 2. The Morgan fingerprint density at radius 2 is 1.83 bits per heavy atom. The summed E-state index contributed by atoms with van der Waals surface area (Å²) in [6.07, 6.45) is 4.20. The number of ether oxygens (including phenoxy) is 1. The largest absolute Gasteiger partial charge is 0.493 e. The van der Waals surface area contributed by atoms with Crippen molar-refractivity contribution in [2.75, 3.05) is 13.2 Å². The van der Waals surface area contributed by atoms with Crippen LogP contribution in [0.25, 0.3) is 0 Å². The molecule has 0 amide bonds. The van der Waals surface area contributed by atoms with Crippen molar-refractivity contribution in [1.82, 2.24) is 0 Å². The summed E-state index contributed by atoms with van der Waals surface area (Å²) in [5.41, 5.74) is 0.871. The van der Waals surface area contributed by atoms with Gasteiger partial charge in [-0.2, -0.15) is 0 Å². The van der Waals surface area contributed by atoms with E-state index in [4.69, 9.17) is 9.84 Å². The normalized spacial score (nSPS) is 12.4. The number of aliphatic hydroxyl groups excluding tert-OH is 2. The molecule has 1 rings (SSSR count). The second-order valence-electron chi connectivity index (χ2n) is 4.45. The third kappa shape index (κ3) is 5.07. The molecule has 0 spiro atoms. The second-order valence-corrected chi connectivity index (χ2v) is 4.45. The van der Waals surface area contributed by atoms with Gasteiger partial charge in [0.1, 0.15) is 5.75 Å². The summed E-state index contributed by atoms with van der Waals surface area (Å²) in [7, 11) is 0. The molecule has 0 unspecified atom stereocenters. The summed E-state index contributed by atoms with van der Waals surface area (Å²) in [5.74, 6) is 0.786. The van der Waals surface area contributed by atoms with Gasteiger partial charge in [0.2, 0.25) is 0 Å². The molecule has 3 nitrogen and oxygen atoms in total. The maximum Gasteiger partial charge on any atom is 0.125 e. The van der Waals surface area contributed by atoms with Gasteiger partial charge in [0, 0.05) is 12.2 Å². The van der Waals surface area contributed by atoms with Gasteiger partial charge in [-0.1, -0.05) is 31.5 Å². The second kappa shape index (κ2) is 8.95. The van der Waals surface area contributed by atoms with Crippen LogP contribution in [-0.2, 0) is 0 Å². The molecule has 18 heavy (non-hydrogen) atoms. The van der Waals surface area contributed by atoms with E-state index in [1.54, 1.807) is 0 Å². The fourth-order valence-electron chi connectivity index (χ4n) is 1.86. The van der Waals surface area contributed by atoms with Crippen molar-refractivity contribution in [2.45, 2.75) is 45.1 Å². The summed E-state index contributed by atoms with van der Waals surface area (Å²) in [6.45, 7) is 2.89. The average Bonchev–Trinajstić information content (AvgIpc) is 2.42. The van der Waals surface area contributed by atoms with Crippen LogP contribution >= 0.6 is 0 Å². The number of rotatable bonds is 9. The molecule has 102 valence electrons. The van der Waals surface area contributed by atoms with Crippen LogP contribution in [0.5, 0.6) is 5.75 Å². The number of aliphatic hydroxyl groups is 2. The van der Waals surface area contributed by atoms with E-state index in [-0.39, 0.29) is 6.61 Å². The minimum atomic E-state index is -0.449. The quantitative estimate of drug-likeness (QED) is 0.664. The van der Waals surface area contributed by atoms with Crippen LogP contribution in [0.2, 0.25) is 0 Å². The van der Waals surface area contributed by atoms with E-state index < -0.39 is 6.10 Å². The van der Waals surface area contributed by atoms with Gasteiger partial charge in [-0.05, 0) is 31.7 Å². The molecule has 0 bridgehead atoms. The lowest BCUT2D eigenvalue weighted by atomic mass is 10.1. The number of para-hydroxylation sites is 1. The first kappa shape index (κ1) is 15.0. The summed E-state index contributed by atoms with van der Waals surface area (Å²) in [4.78, 5) is 0. The van der Waals surface area contributed by atoms with Gasteiger partial charge in [-0.15, -0.1) is 0 Å². The van der Waals surface area contributed by atoms with Gasteiger partial charge < -0.3 is 14.9 Å². The first-order valence-corrected chi connectivity index (χ1v) is 6.80. The number of unbranched alkanes of at least 4 members (excludes halogenated alkanes) is 3. The molecule has 3 heteroatoms. The van der Waals surface area contributed by atoms with E-state index in [0.717, 1.165) is 37.0 Å². The molecular weight excluding hydrogens is 228 g/mol. The fraction of sp³-hybridized carbons (Fsp3) is 0.600. The molecule has 1 atom stereocenters. The zero-order valence-electron chi connectivity index (χ0n) is 11.1. The molecule has 0 fully saturated rings. The maximum absolute atomic E-state index is 9.87. The maximum atomic E-state index is 9.87. The molecule has 0 aliphatic rings. The van der Waals surface area contributed by atoms with Crippen molar-refractivity contribution in [2.24, 2.45) is 0 Å². The molecule has 2 N–H and O–H groups in total. The van der Waals surface area contributed by atoms with E-state index in [2.05, 4.69) is 0 Å². The zero-order valence-corrected chi connectivity index (χ0v) is 11.1. The summed E-state index contributed by atoms with van der Waals surface area (Å²) < 4.78 is 5.72. The van der Waals surface area contributed by atoms with Gasteiger partial charge in [0.25, 0.3) is 0 Å². The highest BCUT2D eigenvalue weighted by Crippen LogP contribution is 2.26.